The van der Waals surface area contributed by atoms with Gasteiger partial charge >= 0.3 is 0 Å². The van der Waals surface area contributed by atoms with Gasteiger partial charge in [-0.1, -0.05) is 19.3 Å². The van der Waals surface area contributed by atoms with Crippen molar-refractivity contribution >= 4 is 18.4 Å². The normalized spacial score (nSPS) is 23.3. The van der Waals surface area contributed by atoms with Gasteiger partial charge in [-0.3, -0.25) is 9.79 Å². The molecule has 4 heteroatoms. The number of aliphatic imine (C=N–C) groups is 1. The van der Waals surface area contributed by atoms with Crippen molar-refractivity contribution in [2.75, 3.05) is 6.54 Å². The quantitative estimate of drug-likeness (QED) is 0.418. The predicted octanol–water partition coefficient (Wildman–Crippen LogP) is 1.20. The van der Waals surface area contributed by atoms with Crippen molar-refractivity contribution in [1.82, 2.24) is 5.32 Å². The van der Waals surface area contributed by atoms with E-state index in [9.17, 15) is 9.59 Å². The first kappa shape index (κ1) is 14.4. The molecule has 0 saturated heterocycles. The summed E-state index contributed by atoms with van der Waals surface area (Å²) in [4.78, 5) is 26.4. The Morgan fingerprint density at radius 3 is 3.00 bits per heavy atom. The highest BCUT2D eigenvalue weighted by Crippen LogP contribution is 2.16. The minimum atomic E-state index is -0.292. The molecule has 0 bridgehead atoms. The topological polar surface area (TPSA) is 58.5 Å². The molecule has 0 unspecified atom stereocenters. The zero-order chi connectivity index (χ0) is 13.4. The van der Waals surface area contributed by atoms with E-state index < -0.39 is 0 Å². The van der Waals surface area contributed by atoms with Crippen LogP contribution in [0.25, 0.3) is 0 Å². The fourth-order valence-electron chi connectivity index (χ4n) is 1.94. The minimum Gasteiger partial charge on any atom is -0.354 e. The SMILES string of the molecule is C#C[C@@H](C=O)CCCCNC(=O)[C@H]1N=CC[C@@H]1C. The van der Waals surface area contributed by atoms with Gasteiger partial charge in [0, 0.05) is 12.8 Å². The zero-order valence-corrected chi connectivity index (χ0v) is 10.8. The molecule has 1 rings (SSSR count). The lowest BCUT2D eigenvalue weighted by Crippen LogP contribution is -2.36. The van der Waals surface area contributed by atoms with E-state index in [-0.39, 0.29) is 17.9 Å². The van der Waals surface area contributed by atoms with Crippen LogP contribution in [0.2, 0.25) is 0 Å². The molecule has 1 N–H and O–H groups in total. The van der Waals surface area contributed by atoms with E-state index in [1.165, 1.54) is 0 Å². The third-order valence-corrected chi connectivity index (χ3v) is 3.17. The molecule has 0 saturated carbocycles. The molecule has 4 nitrogen and oxygen atoms in total. The Bertz CT molecular complexity index is 357. The van der Waals surface area contributed by atoms with Crippen LogP contribution in [0.3, 0.4) is 0 Å². The van der Waals surface area contributed by atoms with Crippen LogP contribution in [0, 0.1) is 24.2 Å². The summed E-state index contributed by atoms with van der Waals surface area (Å²) >= 11 is 0. The highest BCUT2D eigenvalue weighted by Gasteiger charge is 2.26. The Morgan fingerprint density at radius 1 is 1.67 bits per heavy atom. The largest absolute Gasteiger partial charge is 0.354 e. The maximum absolute atomic E-state index is 11.8. The molecular formula is C14H20N2O2. The monoisotopic (exact) mass is 248 g/mol. The second-order valence-electron chi connectivity index (χ2n) is 4.69. The summed E-state index contributed by atoms with van der Waals surface area (Å²) in [5, 5.41) is 2.87. The lowest BCUT2D eigenvalue weighted by atomic mass is 10.0. The molecule has 3 atom stereocenters. The Balaban J connectivity index is 2.11. The molecular weight excluding hydrogens is 228 g/mol. The molecule has 1 aliphatic heterocycles. The van der Waals surface area contributed by atoms with Crippen LogP contribution in [0.1, 0.15) is 32.6 Å². The van der Waals surface area contributed by atoms with Crippen molar-refractivity contribution in [3.63, 3.8) is 0 Å². The first-order chi connectivity index (χ1) is 8.69. The first-order valence-electron chi connectivity index (χ1n) is 6.39. The third-order valence-electron chi connectivity index (χ3n) is 3.17. The van der Waals surface area contributed by atoms with Crippen LogP contribution >= 0.6 is 0 Å². The molecule has 0 radical (unpaired) electrons. The van der Waals surface area contributed by atoms with E-state index in [1.807, 2.05) is 13.1 Å². The van der Waals surface area contributed by atoms with E-state index in [0.717, 1.165) is 25.5 Å². The number of unbranched alkanes of at least 4 members (excludes halogenated alkanes) is 1. The summed E-state index contributed by atoms with van der Waals surface area (Å²) in [5.41, 5.74) is 0. The maximum Gasteiger partial charge on any atom is 0.245 e. The van der Waals surface area contributed by atoms with Crippen LogP contribution in [0.5, 0.6) is 0 Å². The maximum atomic E-state index is 11.8. The second-order valence-corrected chi connectivity index (χ2v) is 4.69. The van der Waals surface area contributed by atoms with E-state index in [1.54, 1.807) is 0 Å². The van der Waals surface area contributed by atoms with Gasteiger partial charge in [-0.2, -0.15) is 0 Å². The number of aldehydes is 1. The highest BCUT2D eigenvalue weighted by atomic mass is 16.2. The number of amides is 1. The molecule has 0 aliphatic carbocycles. The third kappa shape index (κ3) is 4.33. The summed E-state index contributed by atoms with van der Waals surface area (Å²) in [6.07, 6.45) is 11.0. The van der Waals surface area contributed by atoms with E-state index in [2.05, 4.69) is 16.2 Å². The van der Waals surface area contributed by atoms with Gasteiger partial charge in [0.25, 0.3) is 0 Å². The lowest BCUT2D eigenvalue weighted by molar-refractivity contribution is -0.123. The number of terminal acetylenes is 1. The zero-order valence-electron chi connectivity index (χ0n) is 10.8. The summed E-state index contributed by atoms with van der Waals surface area (Å²) in [5.74, 6) is 2.43. The first-order valence-corrected chi connectivity index (χ1v) is 6.39. The van der Waals surface area contributed by atoms with Crippen molar-refractivity contribution in [2.24, 2.45) is 16.8 Å². The van der Waals surface area contributed by atoms with E-state index >= 15 is 0 Å². The van der Waals surface area contributed by atoms with Gasteiger partial charge in [0.05, 0.1) is 5.92 Å². The van der Waals surface area contributed by atoms with Gasteiger partial charge in [0.2, 0.25) is 5.91 Å². The fraction of sp³-hybridized carbons (Fsp3) is 0.643. The number of rotatable bonds is 7. The molecule has 1 amide bonds. The molecule has 98 valence electrons. The summed E-state index contributed by atoms with van der Waals surface area (Å²) in [6, 6.07) is -0.224. The van der Waals surface area contributed by atoms with Gasteiger partial charge < -0.3 is 10.1 Å². The summed E-state index contributed by atoms with van der Waals surface area (Å²) in [6.45, 7) is 2.65. The van der Waals surface area contributed by atoms with Crippen LogP contribution in [0.4, 0.5) is 0 Å². The molecule has 0 aromatic rings. The predicted molar refractivity (Wildman–Crippen MR) is 71.3 cm³/mol. The van der Waals surface area contributed by atoms with Crippen LogP contribution in [-0.4, -0.2) is 31.0 Å². The number of carbonyl (C=O) groups is 2. The Labute approximate surface area is 108 Å². The van der Waals surface area contributed by atoms with Gasteiger partial charge in [0.15, 0.2) is 0 Å². The second kappa shape index (κ2) is 7.65. The Morgan fingerprint density at radius 2 is 2.44 bits per heavy atom. The van der Waals surface area contributed by atoms with E-state index in [0.29, 0.717) is 18.9 Å². The van der Waals surface area contributed by atoms with Gasteiger partial charge in [-0.15, -0.1) is 6.42 Å². The summed E-state index contributed by atoms with van der Waals surface area (Å²) < 4.78 is 0. The van der Waals surface area contributed by atoms with Gasteiger partial charge in [-0.05, 0) is 25.2 Å². The lowest BCUT2D eigenvalue weighted by Gasteiger charge is -2.13. The smallest absolute Gasteiger partial charge is 0.245 e. The van der Waals surface area contributed by atoms with Crippen LogP contribution in [-0.2, 0) is 9.59 Å². The van der Waals surface area contributed by atoms with Crippen molar-refractivity contribution in [3.8, 4) is 12.3 Å². The van der Waals surface area contributed by atoms with Crippen molar-refractivity contribution < 1.29 is 9.59 Å². The Kier molecular flexibility index (Phi) is 6.13. The molecule has 1 aliphatic rings. The average molecular weight is 248 g/mol. The van der Waals surface area contributed by atoms with Crippen LogP contribution in [0.15, 0.2) is 4.99 Å². The average Bonchev–Trinajstić information content (AvgIpc) is 2.80. The van der Waals surface area contributed by atoms with Gasteiger partial charge in [0.1, 0.15) is 12.3 Å². The number of nitrogens with one attached hydrogen (secondary N) is 1. The molecule has 0 aromatic heterocycles. The fourth-order valence-corrected chi connectivity index (χ4v) is 1.94. The number of nitrogens with zero attached hydrogens (tertiary/aromatic N) is 1. The van der Waals surface area contributed by atoms with E-state index in [4.69, 9.17) is 6.42 Å². The van der Waals surface area contributed by atoms with Gasteiger partial charge in [-0.25, -0.2) is 0 Å². The number of hydrogen-bond donors (Lipinski definition) is 1. The van der Waals surface area contributed by atoms with Crippen LogP contribution < -0.4 is 5.32 Å². The molecule has 0 spiro atoms. The van der Waals surface area contributed by atoms with Crippen molar-refractivity contribution in [3.05, 3.63) is 0 Å². The minimum absolute atomic E-state index is 0.000127. The van der Waals surface area contributed by atoms with Crippen molar-refractivity contribution in [2.45, 2.75) is 38.6 Å². The van der Waals surface area contributed by atoms with Crippen molar-refractivity contribution in [1.29, 1.82) is 0 Å². The number of carbonyl (C=O) groups excluding carboxylic acids is 2. The molecule has 0 aromatic carbocycles. The number of hydrogen-bond acceptors (Lipinski definition) is 3. The molecule has 0 fully saturated rings. The highest BCUT2D eigenvalue weighted by molar-refractivity contribution is 5.85. The molecule has 18 heavy (non-hydrogen) atoms. The molecule has 1 heterocycles. The standard InChI is InChI=1S/C14H20N2O2/c1-3-12(10-17)6-4-5-8-16-14(18)13-11(2)7-9-15-13/h1,9-13H,4-8H2,2H3,(H,16,18)/t11-,12+,13-/m0/s1. The summed E-state index contributed by atoms with van der Waals surface area (Å²) in [7, 11) is 0. The Hall–Kier alpha value is -1.63.